The number of nitriles is 1. The Morgan fingerprint density at radius 1 is 1.67 bits per heavy atom. The first-order valence-corrected chi connectivity index (χ1v) is 2.71. The Morgan fingerprint density at radius 2 is 2.44 bits per heavy atom. The van der Waals surface area contributed by atoms with Gasteiger partial charge in [0.1, 0.15) is 0 Å². The van der Waals surface area contributed by atoms with E-state index in [4.69, 9.17) is 5.26 Å². The van der Waals surface area contributed by atoms with Crippen LogP contribution in [0.15, 0.2) is 11.8 Å². The molecule has 1 N–H and O–H groups in total. The van der Waals surface area contributed by atoms with Crippen LogP contribution in [0.25, 0.3) is 0 Å². The van der Waals surface area contributed by atoms with E-state index in [1.807, 2.05) is 6.07 Å². The average Bonchev–Trinajstić information content (AvgIpc) is 2.17. The molecule has 0 aromatic heterocycles. The fourth-order valence-electron chi connectivity index (χ4n) is 0.738. The molecule has 1 rings (SSSR count). The summed E-state index contributed by atoms with van der Waals surface area (Å²) in [5.41, 5.74) is 0.738. The normalized spacial score (nSPS) is 21.7. The number of allylic oxidation sites excluding steroid dienone is 2. The molecule has 0 aliphatic carbocycles. The van der Waals surface area contributed by atoms with Crippen LogP contribution >= 0.6 is 0 Å². The lowest BCUT2D eigenvalue weighted by Crippen LogP contribution is -2.11. The third-order valence-corrected chi connectivity index (χ3v) is 1.16. The minimum atomic E-state index is 0.0106. The molecular formula is C6H6N2O. The van der Waals surface area contributed by atoms with E-state index in [1.54, 1.807) is 0 Å². The number of nitrogens with zero attached hydrogens (tertiary/aromatic N) is 1. The highest BCUT2D eigenvalue weighted by Gasteiger charge is 2.12. The number of nitrogens with one attached hydrogen (secondary N) is 1. The van der Waals surface area contributed by atoms with Gasteiger partial charge in [0.2, 0.25) is 5.91 Å². The van der Waals surface area contributed by atoms with Gasteiger partial charge in [-0.05, 0) is 6.42 Å². The van der Waals surface area contributed by atoms with Gasteiger partial charge in [-0.25, -0.2) is 0 Å². The number of carbonyl (C=O) groups excluding carboxylic acids is 1. The molecule has 1 saturated heterocycles. The largest absolute Gasteiger partial charge is 0.329 e. The summed E-state index contributed by atoms with van der Waals surface area (Å²) in [6.45, 7) is 0. The number of amides is 1. The van der Waals surface area contributed by atoms with Gasteiger partial charge in [0.05, 0.1) is 6.07 Å². The molecule has 0 aromatic carbocycles. The number of hydrogen-bond donors (Lipinski definition) is 1. The predicted octanol–water partition coefficient (Wildman–Crippen LogP) is 0.304. The Hall–Kier alpha value is -1.30. The van der Waals surface area contributed by atoms with E-state index in [-0.39, 0.29) is 5.91 Å². The van der Waals surface area contributed by atoms with Gasteiger partial charge in [0.15, 0.2) is 0 Å². The summed E-state index contributed by atoms with van der Waals surface area (Å²) in [7, 11) is 0. The number of rotatable bonds is 0. The minimum Gasteiger partial charge on any atom is -0.329 e. The van der Waals surface area contributed by atoms with Gasteiger partial charge in [0, 0.05) is 18.2 Å². The molecule has 0 unspecified atom stereocenters. The molecule has 0 radical (unpaired) electrons. The molecule has 3 nitrogen and oxygen atoms in total. The van der Waals surface area contributed by atoms with E-state index < -0.39 is 0 Å². The Labute approximate surface area is 53.0 Å². The molecule has 1 heterocycles. The van der Waals surface area contributed by atoms with Gasteiger partial charge < -0.3 is 5.32 Å². The summed E-state index contributed by atoms with van der Waals surface area (Å²) in [6, 6.07) is 1.85. The van der Waals surface area contributed by atoms with Crippen LogP contribution in [0.4, 0.5) is 0 Å². The van der Waals surface area contributed by atoms with E-state index in [9.17, 15) is 4.79 Å². The summed E-state index contributed by atoms with van der Waals surface area (Å²) in [5.74, 6) is 0.0106. The Kier molecular flexibility index (Phi) is 1.50. The molecule has 0 saturated carbocycles. The highest BCUT2D eigenvalue weighted by atomic mass is 16.1. The average molecular weight is 122 g/mol. The summed E-state index contributed by atoms with van der Waals surface area (Å²) in [5, 5.41) is 10.7. The van der Waals surface area contributed by atoms with Gasteiger partial charge in [-0.2, -0.15) is 5.26 Å². The fraction of sp³-hybridized carbons (Fsp3) is 0.333. The maximum atomic E-state index is 10.5. The van der Waals surface area contributed by atoms with Crippen molar-refractivity contribution in [3.63, 3.8) is 0 Å². The van der Waals surface area contributed by atoms with Crippen LogP contribution in [0.2, 0.25) is 0 Å². The second kappa shape index (κ2) is 2.31. The molecule has 0 bridgehead atoms. The Bertz CT molecular complexity index is 200. The smallest absolute Gasteiger partial charge is 0.224 e. The quantitative estimate of drug-likeness (QED) is 0.470. The van der Waals surface area contributed by atoms with Crippen molar-refractivity contribution in [1.82, 2.24) is 5.32 Å². The third-order valence-electron chi connectivity index (χ3n) is 1.16. The van der Waals surface area contributed by atoms with Crippen molar-refractivity contribution in [3.05, 3.63) is 11.8 Å². The minimum absolute atomic E-state index is 0.0106. The fourth-order valence-corrected chi connectivity index (χ4v) is 0.738. The molecule has 0 aromatic rings. The molecule has 0 atom stereocenters. The molecule has 9 heavy (non-hydrogen) atoms. The number of carbonyl (C=O) groups is 1. The van der Waals surface area contributed by atoms with Crippen LogP contribution in [-0.2, 0) is 4.79 Å². The molecule has 1 amide bonds. The van der Waals surface area contributed by atoms with Gasteiger partial charge in [-0.15, -0.1) is 0 Å². The van der Waals surface area contributed by atoms with E-state index in [1.165, 1.54) is 6.08 Å². The molecule has 1 aliphatic rings. The van der Waals surface area contributed by atoms with Crippen molar-refractivity contribution >= 4 is 5.91 Å². The maximum absolute atomic E-state index is 10.5. The van der Waals surface area contributed by atoms with Crippen molar-refractivity contribution < 1.29 is 4.79 Å². The summed E-state index contributed by atoms with van der Waals surface area (Å²) < 4.78 is 0. The lowest BCUT2D eigenvalue weighted by molar-refractivity contribution is -0.118. The highest BCUT2D eigenvalue weighted by molar-refractivity contribution is 5.81. The summed E-state index contributed by atoms with van der Waals surface area (Å²) in [4.78, 5) is 10.5. The maximum Gasteiger partial charge on any atom is 0.224 e. The SMILES string of the molecule is N#C/C=C1\CCC(=O)N1. The van der Waals surface area contributed by atoms with Crippen molar-refractivity contribution in [2.45, 2.75) is 12.8 Å². The van der Waals surface area contributed by atoms with Crippen molar-refractivity contribution in [2.24, 2.45) is 0 Å². The zero-order valence-electron chi connectivity index (χ0n) is 4.85. The van der Waals surface area contributed by atoms with Crippen LogP contribution in [0.1, 0.15) is 12.8 Å². The highest BCUT2D eigenvalue weighted by Crippen LogP contribution is 2.08. The first-order chi connectivity index (χ1) is 4.33. The molecule has 0 spiro atoms. The van der Waals surface area contributed by atoms with E-state index >= 15 is 0 Å². The molecule has 1 fully saturated rings. The van der Waals surface area contributed by atoms with Crippen LogP contribution in [0, 0.1) is 11.3 Å². The first kappa shape index (κ1) is 5.83. The second-order valence-corrected chi connectivity index (χ2v) is 1.85. The van der Waals surface area contributed by atoms with Crippen molar-refractivity contribution in [3.8, 4) is 6.07 Å². The third kappa shape index (κ3) is 1.29. The lowest BCUT2D eigenvalue weighted by Gasteiger charge is -1.88. The zero-order valence-corrected chi connectivity index (χ0v) is 4.85. The monoisotopic (exact) mass is 122 g/mol. The molecule has 46 valence electrons. The van der Waals surface area contributed by atoms with Crippen LogP contribution in [-0.4, -0.2) is 5.91 Å². The summed E-state index contributed by atoms with van der Waals surface area (Å²) >= 11 is 0. The van der Waals surface area contributed by atoms with Gasteiger partial charge >= 0.3 is 0 Å². The topological polar surface area (TPSA) is 52.9 Å². The summed E-state index contributed by atoms with van der Waals surface area (Å²) in [6.07, 6.45) is 2.57. The van der Waals surface area contributed by atoms with Crippen LogP contribution in [0.5, 0.6) is 0 Å². The predicted molar refractivity (Wildman–Crippen MR) is 31.1 cm³/mol. The van der Waals surface area contributed by atoms with Crippen LogP contribution < -0.4 is 5.32 Å². The van der Waals surface area contributed by atoms with Gasteiger partial charge in [-0.1, -0.05) is 0 Å². The second-order valence-electron chi connectivity index (χ2n) is 1.85. The Balaban J connectivity index is 2.60. The Morgan fingerprint density at radius 3 is 2.89 bits per heavy atom. The van der Waals surface area contributed by atoms with Gasteiger partial charge in [0.25, 0.3) is 0 Å². The van der Waals surface area contributed by atoms with Gasteiger partial charge in [-0.3, -0.25) is 4.79 Å². The lowest BCUT2D eigenvalue weighted by atomic mass is 10.3. The van der Waals surface area contributed by atoms with E-state index in [2.05, 4.69) is 5.32 Å². The first-order valence-electron chi connectivity index (χ1n) is 2.71. The molecular weight excluding hydrogens is 116 g/mol. The van der Waals surface area contributed by atoms with E-state index in [0.717, 1.165) is 5.70 Å². The standard InChI is InChI=1S/C6H6N2O/c7-4-3-5-1-2-6(9)8-5/h3H,1-2H2,(H,8,9)/b5-3+. The van der Waals surface area contributed by atoms with Crippen LogP contribution in [0.3, 0.4) is 0 Å². The van der Waals surface area contributed by atoms with E-state index in [0.29, 0.717) is 12.8 Å². The number of hydrogen-bond acceptors (Lipinski definition) is 2. The van der Waals surface area contributed by atoms with Crippen molar-refractivity contribution in [1.29, 1.82) is 5.26 Å². The molecule has 3 heteroatoms. The van der Waals surface area contributed by atoms with Crippen molar-refractivity contribution in [2.75, 3.05) is 0 Å². The molecule has 1 aliphatic heterocycles. The zero-order chi connectivity index (χ0) is 6.69.